The fourth-order valence-electron chi connectivity index (χ4n) is 14.4. The zero-order chi connectivity index (χ0) is 49.0. The Balaban J connectivity index is 0.935. The lowest BCUT2D eigenvalue weighted by atomic mass is 9.41. The monoisotopic (exact) mass is 963 g/mol. The Bertz CT molecular complexity index is 1870. The molecule has 4 N–H and O–H groups in total. The molecule has 0 aromatic heterocycles. The molecule has 7 aliphatic rings. The van der Waals surface area contributed by atoms with Crippen molar-refractivity contribution in [1.82, 2.24) is 0 Å². The van der Waals surface area contributed by atoms with Gasteiger partial charge in [-0.25, -0.2) is 4.79 Å². The number of fused-ring (bicyclic) bond motifs is 5. The quantitative estimate of drug-likeness (QED) is 0.159. The summed E-state index contributed by atoms with van der Waals surface area (Å²) in [4.78, 5) is 27.1. The molecule has 1 aromatic rings. The third-order valence-electron chi connectivity index (χ3n) is 17.9. The van der Waals surface area contributed by atoms with Crippen LogP contribution in [0.2, 0.25) is 0 Å². The standard InChI is InChI=1S/C51H78O17/c1-25(52)33-19-21-51(57)34-17-16-31-22-32(18-20-49(31,6)39(34)44(64-29(5)53)46(50(33,51)7)68-47(56)30-14-12-11-13-15-30)65-37-23-35(58-8)42(27(3)61-37)66-38-24-36(59-9)43(28(4)62-38)67-48-41(55)45(60-10)40(54)26(2)63-48/h11-15,25-28,31-46,48,52,54-55,57H,16-24H2,1-10H3/t25-,26-,27-,28-,31?,32+,33-,34-,35+,36-,37+,38+,39-,40-,41-,42-,43-,44+,45-,46-,48+,49+,50+,51+/m1/s1. The minimum Gasteiger partial charge on any atom is -0.458 e. The van der Waals surface area contributed by atoms with Gasteiger partial charge in [0.05, 0.1) is 53.9 Å². The summed E-state index contributed by atoms with van der Waals surface area (Å²) in [6, 6.07) is 8.72. The van der Waals surface area contributed by atoms with Gasteiger partial charge in [-0.1, -0.05) is 32.0 Å². The largest absolute Gasteiger partial charge is 0.458 e. The lowest BCUT2D eigenvalue weighted by molar-refractivity contribution is -0.352. The van der Waals surface area contributed by atoms with Gasteiger partial charge in [-0.15, -0.1) is 0 Å². The van der Waals surface area contributed by atoms with Crippen molar-refractivity contribution in [3.63, 3.8) is 0 Å². The van der Waals surface area contributed by atoms with Crippen LogP contribution in [0.1, 0.15) is 117 Å². The average molecular weight is 963 g/mol. The molecule has 7 fully saturated rings. The van der Waals surface area contributed by atoms with E-state index in [-0.39, 0.29) is 30.0 Å². The molecule has 4 aliphatic carbocycles. The van der Waals surface area contributed by atoms with Crippen LogP contribution in [0.3, 0.4) is 0 Å². The van der Waals surface area contributed by atoms with Crippen LogP contribution < -0.4 is 0 Å². The molecule has 17 heteroatoms. The first kappa shape index (κ1) is 52.0. The Morgan fingerprint density at radius 2 is 1.35 bits per heavy atom. The van der Waals surface area contributed by atoms with Gasteiger partial charge in [-0.2, -0.15) is 0 Å². The Hall–Kier alpha value is -2.36. The zero-order valence-electron chi connectivity index (χ0n) is 41.5. The lowest BCUT2D eigenvalue weighted by Gasteiger charge is -2.67. The van der Waals surface area contributed by atoms with Crippen molar-refractivity contribution < 1.29 is 82.1 Å². The average Bonchev–Trinajstić information content (AvgIpc) is 3.59. The highest BCUT2D eigenvalue weighted by atomic mass is 16.8. The van der Waals surface area contributed by atoms with Gasteiger partial charge in [-0.05, 0) is 108 Å². The Morgan fingerprint density at radius 1 is 0.721 bits per heavy atom. The number of benzene rings is 1. The molecular weight excluding hydrogens is 885 g/mol. The molecule has 0 radical (unpaired) electrons. The van der Waals surface area contributed by atoms with E-state index in [1.165, 1.54) is 14.0 Å². The van der Waals surface area contributed by atoms with Gasteiger partial charge in [0.25, 0.3) is 0 Å². The van der Waals surface area contributed by atoms with Crippen molar-refractivity contribution in [2.75, 3.05) is 21.3 Å². The van der Waals surface area contributed by atoms with Gasteiger partial charge in [0.2, 0.25) is 0 Å². The van der Waals surface area contributed by atoms with E-state index in [4.69, 9.17) is 52.1 Å². The van der Waals surface area contributed by atoms with Gasteiger partial charge < -0.3 is 72.5 Å². The fraction of sp³-hybridized carbons (Fsp3) is 0.843. The van der Waals surface area contributed by atoms with E-state index in [2.05, 4.69) is 6.92 Å². The molecule has 3 saturated heterocycles. The number of aliphatic hydroxyl groups is 4. The summed E-state index contributed by atoms with van der Waals surface area (Å²) in [5, 5.41) is 45.8. The summed E-state index contributed by atoms with van der Waals surface area (Å²) in [7, 11) is 4.65. The van der Waals surface area contributed by atoms with Crippen LogP contribution in [0.15, 0.2) is 30.3 Å². The van der Waals surface area contributed by atoms with Crippen LogP contribution in [0, 0.1) is 34.5 Å². The van der Waals surface area contributed by atoms with E-state index in [0.717, 1.165) is 19.3 Å². The first-order valence-electron chi connectivity index (χ1n) is 25.0. The first-order valence-corrected chi connectivity index (χ1v) is 25.0. The number of hydrogen-bond acceptors (Lipinski definition) is 17. The third-order valence-corrected chi connectivity index (χ3v) is 17.9. The van der Waals surface area contributed by atoms with E-state index < -0.39 is 126 Å². The molecule has 3 aliphatic heterocycles. The molecule has 384 valence electrons. The van der Waals surface area contributed by atoms with E-state index >= 15 is 0 Å². The van der Waals surface area contributed by atoms with Gasteiger partial charge in [0.1, 0.15) is 42.7 Å². The summed E-state index contributed by atoms with van der Waals surface area (Å²) in [6.45, 7) is 12.8. The summed E-state index contributed by atoms with van der Waals surface area (Å²) in [5.41, 5.74) is -2.43. The van der Waals surface area contributed by atoms with Crippen molar-refractivity contribution in [2.45, 2.75) is 216 Å². The maximum atomic E-state index is 14.0. The number of hydrogen-bond donors (Lipinski definition) is 4. The van der Waals surface area contributed by atoms with Gasteiger partial charge in [-0.3, -0.25) is 4.79 Å². The molecule has 0 bridgehead atoms. The Labute approximate surface area is 401 Å². The second kappa shape index (κ2) is 20.6. The van der Waals surface area contributed by atoms with Crippen molar-refractivity contribution in [3.05, 3.63) is 35.9 Å². The zero-order valence-corrected chi connectivity index (χ0v) is 41.5. The number of carbonyl (C=O) groups excluding carboxylic acids is 2. The normalized spacial score (nSPS) is 48.6. The van der Waals surface area contributed by atoms with E-state index in [9.17, 15) is 30.0 Å². The topological polar surface area (TPSA) is 217 Å². The predicted molar refractivity (Wildman–Crippen MR) is 242 cm³/mol. The summed E-state index contributed by atoms with van der Waals surface area (Å²) < 4.78 is 68.6. The molecule has 17 nitrogen and oxygen atoms in total. The molecule has 68 heavy (non-hydrogen) atoms. The first-order chi connectivity index (χ1) is 32.3. The van der Waals surface area contributed by atoms with Crippen molar-refractivity contribution in [3.8, 4) is 0 Å². The number of aliphatic hydroxyl groups excluding tert-OH is 3. The van der Waals surface area contributed by atoms with Crippen LogP contribution in [-0.2, 0) is 56.9 Å². The molecule has 3 heterocycles. The molecule has 1 aromatic carbocycles. The van der Waals surface area contributed by atoms with Crippen LogP contribution in [-0.4, -0.2) is 164 Å². The predicted octanol–water partition coefficient (Wildman–Crippen LogP) is 4.46. The second-order valence-corrected chi connectivity index (χ2v) is 21.5. The van der Waals surface area contributed by atoms with E-state index in [1.54, 1.807) is 52.3 Å². The highest BCUT2D eigenvalue weighted by Crippen LogP contribution is 2.70. The molecular formula is C51H78O17. The molecule has 8 rings (SSSR count). The van der Waals surface area contributed by atoms with Crippen LogP contribution in [0.4, 0.5) is 0 Å². The van der Waals surface area contributed by atoms with Gasteiger partial charge in [0.15, 0.2) is 18.9 Å². The molecule has 4 saturated carbocycles. The molecule has 24 atom stereocenters. The van der Waals surface area contributed by atoms with Gasteiger partial charge >= 0.3 is 11.9 Å². The fourth-order valence-corrected chi connectivity index (χ4v) is 14.4. The summed E-state index contributed by atoms with van der Waals surface area (Å²) in [6.07, 6.45) is -6.50. The van der Waals surface area contributed by atoms with Crippen LogP contribution in [0.25, 0.3) is 0 Å². The maximum Gasteiger partial charge on any atom is 0.338 e. The van der Waals surface area contributed by atoms with Crippen molar-refractivity contribution in [2.24, 2.45) is 34.5 Å². The Kier molecular flexibility index (Phi) is 15.8. The number of rotatable bonds is 13. The SMILES string of the molecule is CO[C@H]1[C@@H](O)[C@H](O[C@@H]2[C@@H](C)O[C@@H](O[C@H]3[C@@H](OC)C[C@H](O[C@H]4CC[C@@]5(C)C(CC[C@@H]6[C@@H]5[C@H](OC(C)=O)[C@@H](OC(=O)c5ccccc5)[C@]5(C)[C@@H]([C@@H](C)O)CC[C@]65O)C4)O[C@@H]3C)C[C@H]2OC)O[C@H](C)[C@H]1O. The smallest absolute Gasteiger partial charge is 0.338 e. The van der Waals surface area contributed by atoms with Crippen molar-refractivity contribution in [1.29, 1.82) is 0 Å². The highest BCUT2D eigenvalue weighted by molar-refractivity contribution is 5.89. The second-order valence-electron chi connectivity index (χ2n) is 21.5. The lowest BCUT2D eigenvalue weighted by Crippen LogP contribution is -2.73. The molecule has 0 amide bonds. The van der Waals surface area contributed by atoms with Gasteiger partial charge in [0, 0.05) is 52.4 Å². The number of esters is 2. The number of carbonyl (C=O) groups is 2. The summed E-state index contributed by atoms with van der Waals surface area (Å²) >= 11 is 0. The molecule has 0 spiro atoms. The Morgan fingerprint density at radius 3 is 1.96 bits per heavy atom. The van der Waals surface area contributed by atoms with E-state index in [0.29, 0.717) is 44.1 Å². The van der Waals surface area contributed by atoms with Crippen LogP contribution in [0.5, 0.6) is 0 Å². The number of ether oxygens (including phenoxy) is 11. The van der Waals surface area contributed by atoms with E-state index in [1.807, 2.05) is 26.8 Å². The maximum absolute atomic E-state index is 14.0. The summed E-state index contributed by atoms with van der Waals surface area (Å²) in [5.74, 6) is -1.90. The highest BCUT2D eigenvalue weighted by Gasteiger charge is 2.76. The third kappa shape index (κ3) is 9.33. The number of methoxy groups -OCH3 is 3. The van der Waals surface area contributed by atoms with Crippen LogP contribution >= 0.6 is 0 Å². The van der Waals surface area contributed by atoms with Crippen molar-refractivity contribution >= 4 is 11.9 Å². The minimum absolute atomic E-state index is 0.139. The molecule has 1 unspecified atom stereocenters. The minimum atomic E-state index is -1.29.